The third kappa shape index (κ3) is 0.490. The van der Waals surface area contributed by atoms with E-state index in [4.69, 9.17) is 0 Å². The molecular formula is C16H24. The van der Waals surface area contributed by atoms with Crippen molar-refractivity contribution in [3.63, 3.8) is 0 Å². The highest BCUT2D eigenvalue weighted by atomic mass is 14.9. The zero-order chi connectivity index (χ0) is 12.3. The van der Waals surface area contributed by atoms with Crippen LogP contribution < -0.4 is 0 Å². The first-order valence-corrected chi connectivity index (χ1v) is 6.50. The van der Waals surface area contributed by atoms with Gasteiger partial charge in [0.15, 0.2) is 0 Å². The lowest BCUT2D eigenvalue weighted by molar-refractivity contribution is 0.260. The molecule has 16 heavy (non-hydrogen) atoms. The average molecular weight is 216 g/mol. The van der Waals surface area contributed by atoms with Gasteiger partial charge in [0.1, 0.15) is 0 Å². The first-order valence-electron chi connectivity index (χ1n) is 6.50. The summed E-state index contributed by atoms with van der Waals surface area (Å²) < 4.78 is 0. The van der Waals surface area contributed by atoms with Crippen LogP contribution in [-0.4, -0.2) is 0 Å². The Labute approximate surface area is 99.8 Å². The van der Waals surface area contributed by atoms with E-state index in [2.05, 4.69) is 55.4 Å². The monoisotopic (exact) mass is 216 g/mol. The number of rotatable bonds is 0. The number of allylic oxidation sites excluding steroid dienone is 4. The molecule has 0 heterocycles. The Morgan fingerprint density at radius 2 is 0.875 bits per heavy atom. The molecule has 0 atom stereocenters. The largest absolute Gasteiger partial charge is 0.0661 e. The molecule has 3 aliphatic rings. The maximum atomic E-state index is 2.52. The predicted octanol–water partition coefficient (Wildman–Crippen LogP) is 4.73. The van der Waals surface area contributed by atoms with Crippen molar-refractivity contribution in [2.24, 2.45) is 21.7 Å². The summed E-state index contributed by atoms with van der Waals surface area (Å²) in [6.45, 7) is 19.5. The summed E-state index contributed by atoms with van der Waals surface area (Å²) in [5.41, 5.74) is 8.21. The van der Waals surface area contributed by atoms with Gasteiger partial charge in [-0.05, 0) is 27.7 Å². The second-order valence-electron chi connectivity index (χ2n) is 7.00. The van der Waals surface area contributed by atoms with Gasteiger partial charge < -0.3 is 0 Å². The molecule has 3 rings (SSSR count). The molecule has 1 saturated carbocycles. The predicted molar refractivity (Wildman–Crippen MR) is 69.2 cm³/mol. The Hall–Kier alpha value is -0.520. The standard InChI is InChI=1S/C16H24/c1-9-11(3)14(6)15(7)12(4)10(2)13(9,5)16(14,15)8/h1-8H3/t13?,14-,15+,16?. The van der Waals surface area contributed by atoms with Crippen LogP contribution in [0.25, 0.3) is 0 Å². The Balaban J connectivity index is 2.43. The lowest BCUT2D eigenvalue weighted by Crippen LogP contribution is -2.27. The van der Waals surface area contributed by atoms with Gasteiger partial charge >= 0.3 is 0 Å². The van der Waals surface area contributed by atoms with E-state index < -0.39 is 0 Å². The molecule has 3 aliphatic carbocycles. The van der Waals surface area contributed by atoms with E-state index in [0.29, 0.717) is 21.7 Å². The Morgan fingerprint density at radius 1 is 0.562 bits per heavy atom. The topological polar surface area (TPSA) is 0 Å². The van der Waals surface area contributed by atoms with Crippen LogP contribution in [0.4, 0.5) is 0 Å². The first kappa shape index (κ1) is 10.6. The number of hydrogen-bond acceptors (Lipinski definition) is 0. The van der Waals surface area contributed by atoms with Crippen molar-refractivity contribution in [1.29, 1.82) is 0 Å². The van der Waals surface area contributed by atoms with Crippen molar-refractivity contribution in [3.8, 4) is 0 Å². The third-order valence-electron chi connectivity index (χ3n) is 8.06. The van der Waals surface area contributed by atoms with Crippen LogP contribution >= 0.6 is 0 Å². The zero-order valence-corrected chi connectivity index (χ0v) is 12.0. The van der Waals surface area contributed by atoms with Gasteiger partial charge in [-0.1, -0.05) is 50.0 Å². The summed E-state index contributed by atoms with van der Waals surface area (Å²) in [6, 6.07) is 0. The van der Waals surface area contributed by atoms with Crippen molar-refractivity contribution in [1.82, 2.24) is 0 Å². The molecule has 0 nitrogen and oxygen atoms in total. The molecule has 1 fully saturated rings. The highest BCUT2D eigenvalue weighted by Gasteiger charge is 2.91. The quantitative estimate of drug-likeness (QED) is 0.514. The molecule has 88 valence electrons. The molecule has 0 bridgehead atoms. The van der Waals surface area contributed by atoms with Crippen LogP contribution in [0.1, 0.15) is 55.4 Å². The second kappa shape index (κ2) is 2.09. The average Bonchev–Trinajstić information content (AvgIpc) is 2.58. The summed E-state index contributed by atoms with van der Waals surface area (Å²) in [6.07, 6.45) is 0. The van der Waals surface area contributed by atoms with Crippen LogP contribution in [0.5, 0.6) is 0 Å². The lowest BCUT2D eigenvalue weighted by atomic mass is 9.69. The van der Waals surface area contributed by atoms with E-state index in [0.717, 1.165) is 0 Å². The Morgan fingerprint density at radius 3 is 1.12 bits per heavy atom. The molecule has 0 aromatic carbocycles. The van der Waals surface area contributed by atoms with Crippen LogP contribution in [0, 0.1) is 21.7 Å². The van der Waals surface area contributed by atoms with E-state index in [-0.39, 0.29) is 0 Å². The Kier molecular flexibility index (Phi) is 1.39. The van der Waals surface area contributed by atoms with Gasteiger partial charge in [-0.15, -0.1) is 0 Å². The molecule has 0 unspecified atom stereocenters. The number of hydrogen-bond donors (Lipinski definition) is 0. The van der Waals surface area contributed by atoms with Crippen molar-refractivity contribution >= 4 is 0 Å². The molecular weight excluding hydrogens is 192 g/mol. The molecule has 0 aromatic rings. The molecule has 0 radical (unpaired) electrons. The minimum Gasteiger partial charge on any atom is -0.0661 e. The van der Waals surface area contributed by atoms with Gasteiger partial charge in [-0.2, -0.15) is 0 Å². The van der Waals surface area contributed by atoms with Gasteiger partial charge in [0.05, 0.1) is 0 Å². The van der Waals surface area contributed by atoms with E-state index in [1.165, 1.54) is 0 Å². The van der Waals surface area contributed by atoms with E-state index >= 15 is 0 Å². The molecule has 0 amide bonds. The van der Waals surface area contributed by atoms with E-state index in [1.54, 1.807) is 22.3 Å². The third-order valence-corrected chi connectivity index (χ3v) is 8.06. The zero-order valence-electron chi connectivity index (χ0n) is 12.0. The van der Waals surface area contributed by atoms with Gasteiger partial charge in [0, 0.05) is 21.7 Å². The van der Waals surface area contributed by atoms with Crippen molar-refractivity contribution in [2.45, 2.75) is 55.4 Å². The summed E-state index contributed by atoms with van der Waals surface area (Å²) >= 11 is 0. The van der Waals surface area contributed by atoms with Crippen molar-refractivity contribution in [3.05, 3.63) is 22.3 Å². The van der Waals surface area contributed by atoms with Crippen molar-refractivity contribution < 1.29 is 0 Å². The maximum absolute atomic E-state index is 2.52. The second-order valence-corrected chi connectivity index (χ2v) is 7.00. The summed E-state index contributed by atoms with van der Waals surface area (Å²) in [7, 11) is 0. The minimum absolute atomic E-state index is 0.324. The molecule has 0 heteroatoms. The van der Waals surface area contributed by atoms with Crippen LogP contribution in [-0.2, 0) is 0 Å². The fraction of sp³-hybridized carbons (Fsp3) is 0.750. The highest BCUT2D eigenvalue weighted by molar-refractivity contribution is 5.66. The van der Waals surface area contributed by atoms with Crippen molar-refractivity contribution in [2.75, 3.05) is 0 Å². The first-order chi connectivity index (χ1) is 7.13. The van der Waals surface area contributed by atoms with E-state index in [9.17, 15) is 0 Å². The smallest absolute Gasteiger partial charge is 0.0163 e. The molecule has 0 aliphatic heterocycles. The normalized spacial score (nSPS) is 58.5. The molecule has 0 spiro atoms. The van der Waals surface area contributed by atoms with Crippen LogP contribution in [0.3, 0.4) is 0 Å². The molecule has 0 N–H and O–H groups in total. The van der Waals surface area contributed by atoms with Crippen LogP contribution in [0.2, 0.25) is 0 Å². The Bertz CT molecular complexity index is 450. The fourth-order valence-electron chi connectivity index (χ4n) is 6.16. The lowest BCUT2D eigenvalue weighted by Gasteiger charge is -2.34. The van der Waals surface area contributed by atoms with E-state index in [1.807, 2.05) is 0 Å². The summed E-state index contributed by atoms with van der Waals surface area (Å²) in [4.78, 5) is 0. The summed E-state index contributed by atoms with van der Waals surface area (Å²) in [5, 5.41) is 0. The van der Waals surface area contributed by atoms with Gasteiger partial charge in [0.25, 0.3) is 0 Å². The summed E-state index contributed by atoms with van der Waals surface area (Å²) in [5.74, 6) is 0. The fourth-order valence-corrected chi connectivity index (χ4v) is 6.16. The van der Waals surface area contributed by atoms with Gasteiger partial charge in [0.2, 0.25) is 0 Å². The van der Waals surface area contributed by atoms with Gasteiger partial charge in [-0.3, -0.25) is 0 Å². The van der Waals surface area contributed by atoms with Crippen LogP contribution in [0.15, 0.2) is 22.3 Å². The highest BCUT2D eigenvalue weighted by Crippen LogP contribution is 2.97. The maximum Gasteiger partial charge on any atom is 0.0163 e. The SMILES string of the molecule is CC1=C(C)[C@]2(C)C3(C)C1(C)C(C)=C(C)[C@@]32C. The number of fused-ring (bicyclic) bond motifs is 1. The minimum atomic E-state index is 0.324. The molecule has 0 saturated heterocycles. The van der Waals surface area contributed by atoms with Gasteiger partial charge in [-0.25, -0.2) is 0 Å². The molecule has 0 aromatic heterocycles.